The van der Waals surface area contributed by atoms with Gasteiger partial charge in [0.15, 0.2) is 0 Å². The normalized spacial score (nSPS) is 12.1. The number of nitrogens with zero attached hydrogens (tertiary/aromatic N) is 1. The van der Waals surface area contributed by atoms with E-state index in [1.807, 2.05) is 0 Å². The van der Waals surface area contributed by atoms with Crippen molar-refractivity contribution in [2.24, 2.45) is 0 Å². The highest BCUT2D eigenvalue weighted by atomic mass is 32.2. The third-order valence-corrected chi connectivity index (χ3v) is 7.28. The number of rotatable bonds is 8. The molecule has 0 spiro atoms. The summed E-state index contributed by atoms with van der Waals surface area (Å²) in [6, 6.07) is 12.2. The van der Waals surface area contributed by atoms with Gasteiger partial charge in [-0.2, -0.15) is 0 Å². The standard InChI is InChI=1S/C18H23N3O5S2/c1-14-9-10-16(28(25,26)21(2)3)13-17(14)18(22)19-11-12-20-27(23,24)15-7-5-4-6-8-15/h4-10,13,20H,11-12H2,1-3H3,(H,19,22). The molecule has 28 heavy (non-hydrogen) atoms. The van der Waals surface area contributed by atoms with Gasteiger partial charge in [0.2, 0.25) is 20.0 Å². The molecular formula is C18H23N3O5S2. The van der Waals surface area contributed by atoms with Gasteiger partial charge in [0.1, 0.15) is 0 Å². The number of sulfonamides is 2. The molecule has 0 saturated heterocycles. The lowest BCUT2D eigenvalue weighted by molar-refractivity contribution is 0.0953. The molecule has 0 atom stereocenters. The summed E-state index contributed by atoms with van der Waals surface area (Å²) in [5, 5.41) is 2.60. The molecule has 0 unspecified atom stereocenters. The van der Waals surface area contributed by atoms with Crippen LogP contribution < -0.4 is 10.0 Å². The second-order valence-corrected chi connectivity index (χ2v) is 10.1. The minimum Gasteiger partial charge on any atom is -0.351 e. The number of aryl methyl sites for hydroxylation is 1. The van der Waals surface area contributed by atoms with E-state index in [1.54, 1.807) is 31.2 Å². The van der Waals surface area contributed by atoms with Crippen molar-refractivity contribution < 1.29 is 21.6 Å². The molecule has 0 aliphatic heterocycles. The summed E-state index contributed by atoms with van der Waals surface area (Å²) >= 11 is 0. The highest BCUT2D eigenvalue weighted by Gasteiger charge is 2.20. The van der Waals surface area contributed by atoms with E-state index in [0.29, 0.717) is 5.56 Å². The smallest absolute Gasteiger partial charge is 0.251 e. The predicted octanol–water partition coefficient (Wildman–Crippen LogP) is 0.954. The van der Waals surface area contributed by atoms with Crippen LogP contribution in [0.4, 0.5) is 0 Å². The predicted molar refractivity (Wildman–Crippen MR) is 106 cm³/mol. The maximum atomic E-state index is 12.4. The van der Waals surface area contributed by atoms with Crippen molar-refractivity contribution in [2.75, 3.05) is 27.2 Å². The molecule has 2 aromatic rings. The zero-order chi connectivity index (χ0) is 20.9. The molecule has 2 aromatic carbocycles. The molecule has 2 N–H and O–H groups in total. The van der Waals surface area contributed by atoms with E-state index in [0.717, 1.165) is 4.31 Å². The number of hydrogen-bond acceptors (Lipinski definition) is 5. The van der Waals surface area contributed by atoms with Crippen LogP contribution >= 0.6 is 0 Å². The highest BCUT2D eigenvalue weighted by Crippen LogP contribution is 2.18. The first-order chi connectivity index (χ1) is 13.1. The lowest BCUT2D eigenvalue weighted by atomic mass is 10.1. The van der Waals surface area contributed by atoms with Gasteiger partial charge in [0, 0.05) is 32.7 Å². The minimum atomic E-state index is -3.66. The lowest BCUT2D eigenvalue weighted by Gasteiger charge is -2.14. The molecule has 8 nitrogen and oxygen atoms in total. The first kappa shape index (κ1) is 22.0. The molecule has 0 bridgehead atoms. The number of carbonyl (C=O) groups is 1. The van der Waals surface area contributed by atoms with E-state index in [-0.39, 0.29) is 28.4 Å². The van der Waals surface area contributed by atoms with E-state index in [9.17, 15) is 21.6 Å². The average Bonchev–Trinajstić information content (AvgIpc) is 2.65. The van der Waals surface area contributed by atoms with Crippen LogP contribution in [0.2, 0.25) is 0 Å². The van der Waals surface area contributed by atoms with Gasteiger partial charge in [-0.25, -0.2) is 25.9 Å². The Labute approximate surface area is 165 Å². The molecule has 0 heterocycles. The Kier molecular flexibility index (Phi) is 6.94. The second-order valence-electron chi connectivity index (χ2n) is 6.23. The van der Waals surface area contributed by atoms with Crippen molar-refractivity contribution in [2.45, 2.75) is 16.7 Å². The Morgan fingerprint density at radius 3 is 2.18 bits per heavy atom. The number of carbonyl (C=O) groups excluding carboxylic acids is 1. The molecule has 0 saturated carbocycles. The van der Waals surface area contributed by atoms with Gasteiger partial charge in [-0.3, -0.25) is 4.79 Å². The number of hydrogen-bond donors (Lipinski definition) is 2. The van der Waals surface area contributed by atoms with Crippen LogP contribution in [0.3, 0.4) is 0 Å². The molecule has 0 aromatic heterocycles. The molecule has 2 rings (SSSR count). The number of benzene rings is 2. The maximum Gasteiger partial charge on any atom is 0.251 e. The minimum absolute atomic E-state index is 0.00228. The molecule has 152 valence electrons. The van der Waals surface area contributed by atoms with Crippen LogP contribution in [0.15, 0.2) is 58.3 Å². The SMILES string of the molecule is Cc1ccc(S(=O)(=O)N(C)C)cc1C(=O)NCCNS(=O)(=O)c1ccccc1. The fourth-order valence-corrected chi connectivity index (χ4v) is 4.34. The molecule has 0 radical (unpaired) electrons. The quantitative estimate of drug-likeness (QED) is 0.612. The van der Waals surface area contributed by atoms with E-state index in [2.05, 4.69) is 10.0 Å². The highest BCUT2D eigenvalue weighted by molar-refractivity contribution is 7.89. The van der Waals surface area contributed by atoms with Crippen LogP contribution in [-0.2, 0) is 20.0 Å². The first-order valence-electron chi connectivity index (χ1n) is 8.42. The fraction of sp³-hybridized carbons (Fsp3) is 0.278. The Morgan fingerprint density at radius 2 is 1.57 bits per heavy atom. The molecular weight excluding hydrogens is 402 g/mol. The van der Waals surface area contributed by atoms with Crippen LogP contribution in [0.25, 0.3) is 0 Å². The number of amides is 1. The van der Waals surface area contributed by atoms with Crippen molar-refractivity contribution in [3.8, 4) is 0 Å². The summed E-state index contributed by atoms with van der Waals surface area (Å²) < 4.78 is 52.2. The third kappa shape index (κ3) is 5.16. The third-order valence-electron chi connectivity index (χ3n) is 3.99. The summed E-state index contributed by atoms with van der Waals surface area (Å²) in [6.07, 6.45) is 0. The summed E-state index contributed by atoms with van der Waals surface area (Å²) in [7, 11) is -4.49. The van der Waals surface area contributed by atoms with Crippen molar-refractivity contribution in [1.29, 1.82) is 0 Å². The van der Waals surface area contributed by atoms with E-state index in [4.69, 9.17) is 0 Å². The zero-order valence-corrected chi connectivity index (χ0v) is 17.5. The largest absolute Gasteiger partial charge is 0.351 e. The summed E-state index contributed by atoms with van der Waals surface area (Å²) in [5.74, 6) is -0.479. The zero-order valence-electron chi connectivity index (χ0n) is 15.8. The average molecular weight is 426 g/mol. The van der Waals surface area contributed by atoms with E-state index in [1.165, 1.54) is 38.4 Å². The maximum absolute atomic E-state index is 12.4. The van der Waals surface area contributed by atoms with Gasteiger partial charge in [0.25, 0.3) is 5.91 Å². The Morgan fingerprint density at radius 1 is 0.929 bits per heavy atom. The van der Waals surface area contributed by atoms with Gasteiger partial charge >= 0.3 is 0 Å². The second kappa shape index (κ2) is 8.82. The Hall–Kier alpha value is -2.27. The first-order valence-corrected chi connectivity index (χ1v) is 11.3. The summed E-state index contributed by atoms with van der Waals surface area (Å²) in [4.78, 5) is 12.6. The molecule has 10 heteroatoms. The molecule has 0 fully saturated rings. The van der Waals surface area contributed by atoms with Crippen LogP contribution in [0.5, 0.6) is 0 Å². The van der Waals surface area contributed by atoms with E-state index < -0.39 is 26.0 Å². The van der Waals surface area contributed by atoms with Gasteiger partial charge < -0.3 is 5.32 Å². The van der Waals surface area contributed by atoms with Crippen molar-refractivity contribution in [1.82, 2.24) is 14.3 Å². The molecule has 0 aliphatic carbocycles. The lowest BCUT2D eigenvalue weighted by Crippen LogP contribution is -2.35. The van der Waals surface area contributed by atoms with Crippen molar-refractivity contribution in [3.63, 3.8) is 0 Å². The van der Waals surface area contributed by atoms with E-state index >= 15 is 0 Å². The number of nitrogens with one attached hydrogen (secondary N) is 2. The van der Waals surface area contributed by atoms with Gasteiger partial charge in [0.05, 0.1) is 9.79 Å². The monoisotopic (exact) mass is 425 g/mol. The van der Waals surface area contributed by atoms with Crippen LogP contribution in [-0.4, -0.2) is 54.2 Å². The van der Waals surface area contributed by atoms with Gasteiger partial charge in [-0.05, 0) is 36.8 Å². The molecule has 0 aliphatic rings. The van der Waals surface area contributed by atoms with Crippen molar-refractivity contribution in [3.05, 3.63) is 59.7 Å². The Bertz CT molecular complexity index is 1050. The summed E-state index contributed by atoms with van der Waals surface area (Å²) in [6.45, 7) is 1.74. The van der Waals surface area contributed by atoms with Crippen LogP contribution in [0, 0.1) is 6.92 Å². The topological polar surface area (TPSA) is 113 Å². The van der Waals surface area contributed by atoms with Crippen LogP contribution in [0.1, 0.15) is 15.9 Å². The van der Waals surface area contributed by atoms with Crippen molar-refractivity contribution >= 4 is 26.0 Å². The Balaban J connectivity index is 2.02. The van der Waals surface area contributed by atoms with Gasteiger partial charge in [-0.15, -0.1) is 0 Å². The van der Waals surface area contributed by atoms with Gasteiger partial charge in [-0.1, -0.05) is 24.3 Å². The molecule has 1 amide bonds. The fourth-order valence-electron chi connectivity index (χ4n) is 2.36. The summed E-state index contributed by atoms with van der Waals surface area (Å²) in [5.41, 5.74) is 0.828.